The van der Waals surface area contributed by atoms with E-state index in [1.54, 1.807) is 17.2 Å². The molecule has 0 bridgehead atoms. The van der Waals surface area contributed by atoms with E-state index < -0.39 is 0 Å². The molecular formula is C21H20BrN3O2S. The number of amides is 2. The van der Waals surface area contributed by atoms with Gasteiger partial charge in [-0.25, -0.2) is 0 Å². The van der Waals surface area contributed by atoms with E-state index in [0.717, 1.165) is 15.9 Å². The number of anilines is 1. The van der Waals surface area contributed by atoms with E-state index in [1.807, 2.05) is 53.9 Å². The largest absolute Gasteiger partial charge is 0.351 e. The van der Waals surface area contributed by atoms with Gasteiger partial charge in [-0.05, 0) is 54.3 Å². The summed E-state index contributed by atoms with van der Waals surface area (Å²) >= 11 is 4.83. The van der Waals surface area contributed by atoms with Crippen molar-refractivity contribution in [2.75, 3.05) is 11.4 Å². The van der Waals surface area contributed by atoms with Crippen LogP contribution in [-0.4, -0.2) is 23.3 Å². The van der Waals surface area contributed by atoms with Crippen LogP contribution in [0.3, 0.4) is 0 Å². The number of hydrogen-bond acceptors (Lipinski definition) is 4. The molecule has 2 heterocycles. The molecule has 7 heteroatoms. The van der Waals surface area contributed by atoms with Crippen molar-refractivity contribution in [1.82, 2.24) is 10.3 Å². The Labute approximate surface area is 176 Å². The molecule has 0 saturated heterocycles. The molecule has 0 radical (unpaired) electrons. The summed E-state index contributed by atoms with van der Waals surface area (Å²) in [5.41, 5.74) is 1.64. The zero-order chi connectivity index (χ0) is 19.8. The number of hydrogen-bond donors (Lipinski definition) is 1. The van der Waals surface area contributed by atoms with E-state index in [0.29, 0.717) is 30.8 Å². The van der Waals surface area contributed by atoms with Gasteiger partial charge in [-0.1, -0.05) is 28.1 Å². The summed E-state index contributed by atoms with van der Waals surface area (Å²) in [5.74, 6) is -0.0981. The van der Waals surface area contributed by atoms with Gasteiger partial charge in [-0.2, -0.15) is 0 Å². The van der Waals surface area contributed by atoms with Crippen molar-refractivity contribution in [3.63, 3.8) is 0 Å². The van der Waals surface area contributed by atoms with Crippen LogP contribution in [0, 0.1) is 0 Å². The van der Waals surface area contributed by atoms with Gasteiger partial charge in [0.25, 0.3) is 5.91 Å². The Morgan fingerprint density at radius 2 is 1.89 bits per heavy atom. The first kappa shape index (κ1) is 20.2. The second-order valence-corrected chi connectivity index (χ2v) is 7.98. The average Bonchev–Trinajstić information content (AvgIpc) is 3.26. The number of nitrogens with one attached hydrogen (secondary N) is 1. The van der Waals surface area contributed by atoms with Crippen molar-refractivity contribution in [3.05, 3.63) is 81.2 Å². The molecule has 2 aromatic heterocycles. The minimum absolute atomic E-state index is 0.00153. The quantitative estimate of drug-likeness (QED) is 0.500. The Kier molecular flexibility index (Phi) is 7.33. The van der Waals surface area contributed by atoms with Crippen molar-refractivity contribution in [2.24, 2.45) is 0 Å². The van der Waals surface area contributed by atoms with Crippen LogP contribution in [0.15, 0.2) is 70.6 Å². The molecule has 2 amide bonds. The number of halogens is 1. The maximum atomic E-state index is 12.9. The fourth-order valence-corrected chi connectivity index (χ4v) is 3.57. The van der Waals surface area contributed by atoms with Crippen molar-refractivity contribution < 1.29 is 9.59 Å². The van der Waals surface area contributed by atoms with Gasteiger partial charge in [0.05, 0.1) is 17.1 Å². The number of rotatable bonds is 8. The number of nitrogens with zero attached hydrogens (tertiary/aromatic N) is 2. The second-order valence-electron chi connectivity index (χ2n) is 6.11. The highest BCUT2D eigenvalue weighted by Crippen LogP contribution is 2.21. The molecule has 1 aromatic carbocycles. The van der Waals surface area contributed by atoms with Crippen LogP contribution < -0.4 is 10.2 Å². The molecular weight excluding hydrogens is 438 g/mol. The van der Waals surface area contributed by atoms with Gasteiger partial charge in [-0.3, -0.25) is 14.6 Å². The number of carbonyl (C=O) groups is 2. The highest BCUT2D eigenvalue weighted by molar-refractivity contribution is 9.10. The average molecular weight is 458 g/mol. The summed E-state index contributed by atoms with van der Waals surface area (Å²) < 4.78 is 0.956. The monoisotopic (exact) mass is 457 g/mol. The molecule has 0 fully saturated rings. The number of thiophene rings is 1. The third-order valence-corrected chi connectivity index (χ3v) is 5.48. The highest BCUT2D eigenvalue weighted by atomic mass is 79.9. The fraction of sp³-hybridized carbons (Fsp3) is 0.190. The van der Waals surface area contributed by atoms with Crippen LogP contribution in [0.25, 0.3) is 0 Å². The van der Waals surface area contributed by atoms with Crippen molar-refractivity contribution in [2.45, 2.75) is 19.4 Å². The third kappa shape index (κ3) is 5.74. The second kappa shape index (κ2) is 10.1. The molecule has 0 aliphatic carbocycles. The summed E-state index contributed by atoms with van der Waals surface area (Å²) in [6.07, 6.45) is 2.64. The lowest BCUT2D eigenvalue weighted by molar-refractivity contribution is -0.118. The maximum absolute atomic E-state index is 12.9. The standard InChI is InChI=1S/C21H20BrN3O2S/c22-16-8-10-18(11-9-16)25(15-17-5-1-2-12-23-17)20(26)7-3-13-24-21(27)19-6-4-14-28-19/h1-2,4-6,8-12,14H,3,7,13,15H2,(H,24,27). The lowest BCUT2D eigenvalue weighted by atomic mass is 10.2. The van der Waals surface area contributed by atoms with Crippen LogP contribution >= 0.6 is 27.3 Å². The van der Waals surface area contributed by atoms with Gasteiger partial charge in [-0.15, -0.1) is 11.3 Å². The Morgan fingerprint density at radius 3 is 2.57 bits per heavy atom. The molecule has 3 rings (SSSR count). The van der Waals surface area contributed by atoms with Crippen LogP contribution in [-0.2, 0) is 11.3 Å². The molecule has 0 aliphatic rings. The predicted molar refractivity (Wildman–Crippen MR) is 115 cm³/mol. The summed E-state index contributed by atoms with van der Waals surface area (Å²) in [7, 11) is 0. The number of benzene rings is 1. The van der Waals surface area contributed by atoms with E-state index in [-0.39, 0.29) is 11.8 Å². The summed E-state index contributed by atoms with van der Waals surface area (Å²) in [5, 5.41) is 4.73. The van der Waals surface area contributed by atoms with Crippen molar-refractivity contribution in [3.8, 4) is 0 Å². The number of aromatic nitrogens is 1. The summed E-state index contributed by atoms with van der Waals surface area (Å²) in [4.78, 5) is 31.6. The number of carbonyl (C=O) groups excluding carboxylic acids is 2. The third-order valence-electron chi connectivity index (χ3n) is 4.08. The molecule has 0 atom stereocenters. The zero-order valence-corrected chi connectivity index (χ0v) is 17.6. The van der Waals surface area contributed by atoms with Gasteiger partial charge in [0.15, 0.2) is 0 Å². The highest BCUT2D eigenvalue weighted by Gasteiger charge is 2.17. The lowest BCUT2D eigenvalue weighted by Gasteiger charge is -2.23. The van der Waals surface area contributed by atoms with E-state index in [4.69, 9.17) is 0 Å². The van der Waals surface area contributed by atoms with Crippen molar-refractivity contribution in [1.29, 1.82) is 0 Å². The summed E-state index contributed by atoms with van der Waals surface area (Å²) in [6.45, 7) is 0.864. The van der Waals surface area contributed by atoms with Crippen LogP contribution in [0.4, 0.5) is 5.69 Å². The van der Waals surface area contributed by atoms with E-state index in [2.05, 4.69) is 26.2 Å². The van der Waals surface area contributed by atoms with E-state index in [9.17, 15) is 9.59 Å². The van der Waals surface area contributed by atoms with Crippen LogP contribution in [0.2, 0.25) is 0 Å². The fourth-order valence-electron chi connectivity index (χ4n) is 2.67. The Balaban J connectivity index is 1.59. The molecule has 0 aliphatic heterocycles. The SMILES string of the molecule is O=C(NCCCC(=O)N(Cc1ccccn1)c1ccc(Br)cc1)c1cccs1. The maximum Gasteiger partial charge on any atom is 0.261 e. The Hall–Kier alpha value is -2.51. The normalized spacial score (nSPS) is 10.5. The Morgan fingerprint density at radius 1 is 1.07 bits per heavy atom. The first-order valence-corrected chi connectivity index (χ1v) is 10.6. The molecule has 3 aromatic rings. The van der Waals surface area contributed by atoms with Crippen molar-refractivity contribution >= 4 is 44.8 Å². The predicted octanol–water partition coefficient (Wildman–Crippen LogP) is 4.65. The summed E-state index contributed by atoms with van der Waals surface area (Å²) in [6, 6.07) is 16.9. The Bertz CT molecular complexity index is 899. The van der Waals surface area contributed by atoms with Gasteiger partial charge < -0.3 is 10.2 Å². The minimum atomic E-state index is -0.0966. The van der Waals surface area contributed by atoms with Crippen LogP contribution in [0.1, 0.15) is 28.2 Å². The molecule has 5 nitrogen and oxygen atoms in total. The molecule has 0 saturated carbocycles. The lowest BCUT2D eigenvalue weighted by Crippen LogP contribution is -2.31. The topological polar surface area (TPSA) is 62.3 Å². The zero-order valence-electron chi connectivity index (χ0n) is 15.2. The first-order chi connectivity index (χ1) is 13.6. The molecule has 0 spiro atoms. The molecule has 144 valence electrons. The van der Waals surface area contributed by atoms with E-state index >= 15 is 0 Å². The van der Waals surface area contributed by atoms with Crippen LogP contribution in [0.5, 0.6) is 0 Å². The molecule has 1 N–H and O–H groups in total. The molecule has 28 heavy (non-hydrogen) atoms. The number of pyridine rings is 1. The van der Waals surface area contributed by atoms with Gasteiger partial charge in [0.1, 0.15) is 0 Å². The van der Waals surface area contributed by atoms with Gasteiger partial charge in [0, 0.05) is 29.3 Å². The smallest absolute Gasteiger partial charge is 0.261 e. The van der Waals surface area contributed by atoms with E-state index in [1.165, 1.54) is 11.3 Å². The first-order valence-electron chi connectivity index (χ1n) is 8.91. The minimum Gasteiger partial charge on any atom is -0.351 e. The van der Waals surface area contributed by atoms with Gasteiger partial charge in [0.2, 0.25) is 5.91 Å². The van der Waals surface area contributed by atoms with Gasteiger partial charge >= 0.3 is 0 Å². The molecule has 0 unspecified atom stereocenters.